The molecule has 1 heterocycles. The van der Waals surface area contributed by atoms with E-state index in [0.717, 1.165) is 46.0 Å². The van der Waals surface area contributed by atoms with Gasteiger partial charge in [0.15, 0.2) is 17.5 Å². The van der Waals surface area contributed by atoms with Gasteiger partial charge >= 0.3 is 0 Å². The lowest BCUT2D eigenvalue weighted by Crippen LogP contribution is -2.55. The lowest BCUT2D eigenvalue weighted by atomic mass is 9.43. The Bertz CT molecular complexity index is 2310. The minimum atomic E-state index is -0.0952. The third-order valence-electron chi connectivity index (χ3n) is 13.3. The van der Waals surface area contributed by atoms with E-state index >= 15 is 0 Å². The summed E-state index contributed by atoms with van der Waals surface area (Å²) in [5, 5.41) is 0. The van der Waals surface area contributed by atoms with Gasteiger partial charge in [-0.25, -0.2) is 15.0 Å². The number of fused-ring (bicyclic) bond motifs is 6. The normalized spacial score (nSPS) is 26.0. The van der Waals surface area contributed by atoms with Crippen LogP contribution >= 0.6 is 0 Å². The molecular weight excluding hydrogens is 595 g/mol. The zero-order chi connectivity index (χ0) is 32.5. The number of benzene rings is 5. The average molecular weight is 634 g/mol. The predicted molar refractivity (Wildman–Crippen MR) is 197 cm³/mol. The molecular formula is C46H39N3. The molecule has 0 atom stereocenters. The third-order valence-corrected chi connectivity index (χ3v) is 13.3. The highest BCUT2D eigenvalue weighted by molar-refractivity contribution is 5.85. The lowest BCUT2D eigenvalue weighted by molar-refractivity contribution is -0.0399. The highest BCUT2D eigenvalue weighted by Crippen LogP contribution is 2.69. The van der Waals surface area contributed by atoms with E-state index in [4.69, 9.17) is 15.0 Å². The second kappa shape index (κ2) is 9.85. The van der Waals surface area contributed by atoms with Gasteiger partial charge in [-0.05, 0) is 112 Å². The van der Waals surface area contributed by atoms with Crippen molar-refractivity contribution < 1.29 is 0 Å². The molecule has 0 amide bonds. The first kappa shape index (κ1) is 28.0. The molecule has 0 unspecified atom stereocenters. The monoisotopic (exact) mass is 633 g/mol. The maximum absolute atomic E-state index is 5.30. The van der Waals surface area contributed by atoms with Gasteiger partial charge in [-0.3, -0.25) is 0 Å². The van der Waals surface area contributed by atoms with E-state index in [1.807, 2.05) is 0 Å². The zero-order valence-electron chi connectivity index (χ0n) is 28.2. The van der Waals surface area contributed by atoms with Crippen LogP contribution in [0.5, 0.6) is 0 Å². The van der Waals surface area contributed by atoms with Gasteiger partial charge in [0.05, 0.1) is 0 Å². The Hall–Kier alpha value is -4.89. The smallest absolute Gasteiger partial charge is 0.164 e. The molecule has 1 spiro atoms. The van der Waals surface area contributed by atoms with E-state index in [1.165, 1.54) is 71.0 Å². The molecule has 0 N–H and O–H groups in total. The second-order valence-corrected chi connectivity index (χ2v) is 16.1. The van der Waals surface area contributed by atoms with Crippen LogP contribution in [0.1, 0.15) is 68.2 Å². The largest absolute Gasteiger partial charge is 0.208 e. The summed E-state index contributed by atoms with van der Waals surface area (Å²) in [4.78, 5) is 15.7. The summed E-state index contributed by atoms with van der Waals surface area (Å²) in [6, 6.07) is 42.5. The standard InChI is InChI=1S/C46H39N3/c1-45(2)38-14-8-6-12-34(38)36-18-16-30(25-40(36)45)43-47-42(29-10-4-3-5-11-29)48-44(49-43)31-17-19-37-35-13-7-9-15-39(35)46(41(37)26-31)32-21-27-20-28(23-32)24-33(46)22-27/h3-19,25-28,32-33H,20-24H2,1-2H3. The molecule has 0 aliphatic heterocycles. The van der Waals surface area contributed by atoms with Gasteiger partial charge in [-0.2, -0.15) is 0 Å². The SMILES string of the molecule is CC1(C)c2ccccc2-c2ccc(-c3nc(-c4ccccc4)nc(-c4ccc5c(c4)C4(c6ccccc6-5)C5CC6CC(C5)CC4C6)n3)cc21. The van der Waals surface area contributed by atoms with Crippen molar-refractivity contribution in [3.05, 3.63) is 138 Å². The summed E-state index contributed by atoms with van der Waals surface area (Å²) in [5.74, 6) is 5.46. The van der Waals surface area contributed by atoms with Crippen LogP contribution in [0.3, 0.4) is 0 Å². The quantitative estimate of drug-likeness (QED) is 0.195. The molecule has 6 aromatic rings. The number of rotatable bonds is 3. The van der Waals surface area contributed by atoms with Crippen LogP contribution in [0, 0.1) is 23.7 Å². The molecule has 4 bridgehead atoms. The molecule has 3 nitrogen and oxygen atoms in total. The van der Waals surface area contributed by atoms with Crippen LogP contribution in [0.4, 0.5) is 0 Å². The van der Waals surface area contributed by atoms with Crippen molar-refractivity contribution in [3.8, 4) is 56.4 Å². The molecule has 6 aliphatic rings. The first-order valence-corrected chi connectivity index (χ1v) is 18.3. The predicted octanol–water partition coefficient (Wildman–Crippen LogP) is 10.9. The van der Waals surface area contributed by atoms with E-state index in [9.17, 15) is 0 Å². The highest BCUT2D eigenvalue weighted by atomic mass is 15.0. The van der Waals surface area contributed by atoms with Crippen molar-refractivity contribution in [1.82, 2.24) is 15.0 Å². The van der Waals surface area contributed by atoms with Crippen molar-refractivity contribution >= 4 is 0 Å². The molecule has 49 heavy (non-hydrogen) atoms. The molecule has 12 rings (SSSR count). The molecule has 0 saturated heterocycles. The number of hydrogen-bond donors (Lipinski definition) is 0. The summed E-state index contributed by atoms with van der Waals surface area (Å²) in [6.45, 7) is 4.66. The van der Waals surface area contributed by atoms with Crippen LogP contribution < -0.4 is 0 Å². The van der Waals surface area contributed by atoms with E-state index in [1.54, 1.807) is 5.56 Å². The molecule has 5 aromatic carbocycles. The number of aromatic nitrogens is 3. The Labute approximate surface area is 288 Å². The first-order valence-electron chi connectivity index (χ1n) is 18.3. The zero-order valence-corrected chi connectivity index (χ0v) is 28.2. The summed E-state index contributed by atoms with van der Waals surface area (Å²) in [6.07, 6.45) is 6.95. The van der Waals surface area contributed by atoms with Crippen molar-refractivity contribution in [3.63, 3.8) is 0 Å². The summed E-state index contributed by atoms with van der Waals surface area (Å²) in [5.41, 5.74) is 14.5. The number of hydrogen-bond acceptors (Lipinski definition) is 3. The van der Waals surface area contributed by atoms with Crippen molar-refractivity contribution in [2.75, 3.05) is 0 Å². The van der Waals surface area contributed by atoms with Crippen molar-refractivity contribution in [1.29, 1.82) is 0 Å². The fourth-order valence-corrected chi connectivity index (χ4v) is 11.5. The average Bonchev–Trinajstić information content (AvgIpc) is 3.56. The van der Waals surface area contributed by atoms with Gasteiger partial charge in [0.1, 0.15) is 0 Å². The Morgan fingerprint density at radius 1 is 0.429 bits per heavy atom. The Morgan fingerprint density at radius 3 is 1.53 bits per heavy atom. The molecule has 0 radical (unpaired) electrons. The summed E-state index contributed by atoms with van der Waals surface area (Å²) < 4.78 is 0. The van der Waals surface area contributed by atoms with Gasteiger partial charge in [0.2, 0.25) is 0 Å². The topological polar surface area (TPSA) is 38.7 Å². The molecule has 4 saturated carbocycles. The molecule has 6 aliphatic carbocycles. The van der Waals surface area contributed by atoms with E-state index < -0.39 is 0 Å². The summed E-state index contributed by atoms with van der Waals surface area (Å²) in [7, 11) is 0. The van der Waals surface area contributed by atoms with Gasteiger partial charge in [-0.1, -0.05) is 117 Å². The minimum absolute atomic E-state index is 0.0952. The lowest BCUT2D eigenvalue weighted by Gasteiger charge is -2.61. The molecule has 4 fully saturated rings. The van der Waals surface area contributed by atoms with Crippen LogP contribution in [-0.4, -0.2) is 15.0 Å². The van der Waals surface area contributed by atoms with E-state index in [2.05, 4.69) is 129 Å². The summed E-state index contributed by atoms with van der Waals surface area (Å²) >= 11 is 0. The van der Waals surface area contributed by atoms with Crippen LogP contribution in [0.15, 0.2) is 115 Å². The maximum Gasteiger partial charge on any atom is 0.164 e. The van der Waals surface area contributed by atoms with Crippen molar-refractivity contribution in [2.45, 2.75) is 56.8 Å². The van der Waals surface area contributed by atoms with Crippen LogP contribution in [0.25, 0.3) is 56.4 Å². The minimum Gasteiger partial charge on any atom is -0.208 e. The molecule has 238 valence electrons. The molecule has 1 aromatic heterocycles. The van der Waals surface area contributed by atoms with Gasteiger partial charge < -0.3 is 0 Å². The van der Waals surface area contributed by atoms with E-state index in [0.29, 0.717) is 11.8 Å². The van der Waals surface area contributed by atoms with Gasteiger partial charge in [-0.15, -0.1) is 0 Å². The number of nitrogens with zero attached hydrogens (tertiary/aromatic N) is 3. The van der Waals surface area contributed by atoms with Crippen molar-refractivity contribution in [2.24, 2.45) is 23.7 Å². The Balaban J connectivity index is 1.09. The fraction of sp³-hybridized carbons (Fsp3) is 0.283. The van der Waals surface area contributed by atoms with Gasteiger partial charge in [0, 0.05) is 27.5 Å². The first-order chi connectivity index (χ1) is 24.0. The van der Waals surface area contributed by atoms with Gasteiger partial charge in [0.25, 0.3) is 0 Å². The van der Waals surface area contributed by atoms with Crippen LogP contribution in [-0.2, 0) is 10.8 Å². The Kier molecular flexibility index (Phi) is 5.63. The van der Waals surface area contributed by atoms with Crippen LogP contribution in [0.2, 0.25) is 0 Å². The molecule has 3 heteroatoms. The maximum atomic E-state index is 5.30. The third kappa shape index (κ3) is 3.76. The van der Waals surface area contributed by atoms with E-state index in [-0.39, 0.29) is 10.8 Å². The second-order valence-electron chi connectivity index (χ2n) is 16.1. The Morgan fingerprint density at radius 2 is 0.898 bits per heavy atom. The fourth-order valence-electron chi connectivity index (χ4n) is 11.5. The highest BCUT2D eigenvalue weighted by Gasteiger charge is 2.61.